The summed E-state index contributed by atoms with van der Waals surface area (Å²) in [6.45, 7) is 2.51. The van der Waals surface area contributed by atoms with Crippen LogP contribution in [0.25, 0.3) is 0 Å². The summed E-state index contributed by atoms with van der Waals surface area (Å²) in [7, 11) is 3.63. The van der Waals surface area contributed by atoms with Crippen LogP contribution in [0.15, 0.2) is 24.3 Å². The first kappa shape index (κ1) is 14.5. The molecule has 7 heteroatoms. The summed E-state index contributed by atoms with van der Waals surface area (Å²) in [6.07, 6.45) is 0. The third-order valence-corrected chi connectivity index (χ3v) is 2.83. The highest BCUT2D eigenvalue weighted by molar-refractivity contribution is 6.28. The molecule has 5 nitrogen and oxygen atoms in total. The lowest BCUT2D eigenvalue weighted by molar-refractivity contribution is 0.627. The summed E-state index contributed by atoms with van der Waals surface area (Å²) in [5, 5.41) is 0.105. The molecule has 0 fully saturated rings. The Kier molecular flexibility index (Phi) is 4.34. The predicted molar refractivity (Wildman–Crippen MR) is 78.2 cm³/mol. The van der Waals surface area contributed by atoms with Crippen LogP contribution in [-0.2, 0) is 0 Å². The highest BCUT2D eigenvalue weighted by Crippen LogP contribution is 2.24. The molecule has 0 bridgehead atoms. The zero-order valence-corrected chi connectivity index (χ0v) is 12.3. The fraction of sp³-hybridized carbons (Fsp3) is 0.308. The molecule has 1 heterocycles. The number of anilines is 3. The standard InChI is InChI=1S/C13H15ClFN5/c1-4-20(10-7-5-6-9(15)8-10)13-17-11(14)16-12(18-13)19(2)3/h5-8H,4H2,1-3H3. The second-order valence-corrected chi connectivity index (χ2v) is 4.66. The Hall–Kier alpha value is -1.95. The molecule has 0 aliphatic carbocycles. The van der Waals surface area contributed by atoms with Gasteiger partial charge in [-0.05, 0) is 36.7 Å². The van der Waals surface area contributed by atoms with Crippen LogP contribution in [-0.4, -0.2) is 35.6 Å². The van der Waals surface area contributed by atoms with E-state index in [4.69, 9.17) is 11.6 Å². The third-order valence-electron chi connectivity index (χ3n) is 2.66. The maximum Gasteiger partial charge on any atom is 0.236 e. The maximum atomic E-state index is 13.4. The third kappa shape index (κ3) is 3.14. The Morgan fingerprint density at radius 1 is 1.15 bits per heavy atom. The summed E-state index contributed by atoms with van der Waals surface area (Å²) in [5.41, 5.74) is 0.666. The molecule has 0 saturated carbocycles. The van der Waals surface area contributed by atoms with Gasteiger partial charge < -0.3 is 9.80 Å². The molecule has 0 saturated heterocycles. The summed E-state index contributed by atoms with van der Waals surface area (Å²) >= 11 is 5.92. The molecule has 20 heavy (non-hydrogen) atoms. The minimum absolute atomic E-state index is 0.105. The molecule has 0 atom stereocenters. The van der Waals surface area contributed by atoms with Crippen LogP contribution in [0, 0.1) is 5.82 Å². The number of hydrogen-bond acceptors (Lipinski definition) is 5. The molecule has 0 aliphatic rings. The van der Waals surface area contributed by atoms with Gasteiger partial charge in [0, 0.05) is 26.3 Å². The molecule has 0 spiro atoms. The first-order valence-electron chi connectivity index (χ1n) is 6.13. The highest BCUT2D eigenvalue weighted by Gasteiger charge is 2.14. The number of halogens is 2. The lowest BCUT2D eigenvalue weighted by Crippen LogP contribution is -2.22. The van der Waals surface area contributed by atoms with Gasteiger partial charge in [0.15, 0.2) is 0 Å². The van der Waals surface area contributed by atoms with Gasteiger partial charge in [-0.2, -0.15) is 15.0 Å². The highest BCUT2D eigenvalue weighted by atomic mass is 35.5. The van der Waals surface area contributed by atoms with Crippen LogP contribution in [0.2, 0.25) is 5.28 Å². The fourth-order valence-electron chi connectivity index (χ4n) is 1.73. The normalized spacial score (nSPS) is 10.4. The lowest BCUT2D eigenvalue weighted by atomic mass is 10.3. The Morgan fingerprint density at radius 3 is 2.45 bits per heavy atom. The van der Waals surface area contributed by atoms with Crippen molar-refractivity contribution in [2.45, 2.75) is 6.92 Å². The molecule has 0 radical (unpaired) electrons. The summed E-state index contributed by atoms with van der Waals surface area (Å²) < 4.78 is 13.4. The molecular weight excluding hydrogens is 281 g/mol. The van der Waals surface area contributed by atoms with Crippen molar-refractivity contribution >= 4 is 29.2 Å². The zero-order chi connectivity index (χ0) is 14.7. The number of hydrogen-bond donors (Lipinski definition) is 0. The van der Waals surface area contributed by atoms with E-state index >= 15 is 0 Å². The van der Waals surface area contributed by atoms with Gasteiger partial charge in [0.05, 0.1) is 0 Å². The number of rotatable bonds is 4. The van der Waals surface area contributed by atoms with Crippen molar-refractivity contribution in [1.82, 2.24) is 15.0 Å². The van der Waals surface area contributed by atoms with Gasteiger partial charge in [0.2, 0.25) is 17.2 Å². The average molecular weight is 296 g/mol. The van der Waals surface area contributed by atoms with Crippen LogP contribution >= 0.6 is 11.6 Å². The van der Waals surface area contributed by atoms with E-state index in [0.717, 1.165) is 0 Å². The fourth-order valence-corrected chi connectivity index (χ4v) is 1.88. The summed E-state index contributed by atoms with van der Waals surface area (Å²) in [6, 6.07) is 6.25. The van der Waals surface area contributed by atoms with E-state index < -0.39 is 0 Å². The summed E-state index contributed by atoms with van der Waals surface area (Å²) in [4.78, 5) is 16.0. The van der Waals surface area contributed by atoms with Crippen LogP contribution in [0.4, 0.5) is 22.0 Å². The SMILES string of the molecule is CCN(c1cccc(F)c1)c1nc(Cl)nc(N(C)C)n1. The van der Waals surface area contributed by atoms with Gasteiger partial charge in [-0.15, -0.1) is 0 Å². The van der Waals surface area contributed by atoms with Crippen molar-refractivity contribution < 1.29 is 4.39 Å². The van der Waals surface area contributed by atoms with Crippen LogP contribution < -0.4 is 9.80 Å². The smallest absolute Gasteiger partial charge is 0.236 e. The van der Waals surface area contributed by atoms with Gasteiger partial charge in [0.1, 0.15) is 5.82 Å². The second-order valence-electron chi connectivity index (χ2n) is 4.32. The van der Waals surface area contributed by atoms with E-state index in [9.17, 15) is 4.39 Å². The largest absolute Gasteiger partial charge is 0.347 e. The zero-order valence-electron chi connectivity index (χ0n) is 11.5. The number of benzene rings is 1. The van der Waals surface area contributed by atoms with Crippen LogP contribution in [0.3, 0.4) is 0 Å². The molecular formula is C13H15ClFN5. The van der Waals surface area contributed by atoms with Crippen molar-refractivity contribution in [2.24, 2.45) is 0 Å². The van der Waals surface area contributed by atoms with E-state index in [2.05, 4.69) is 15.0 Å². The minimum atomic E-state index is -0.311. The molecule has 1 aromatic heterocycles. The van der Waals surface area contributed by atoms with E-state index in [-0.39, 0.29) is 11.1 Å². The van der Waals surface area contributed by atoms with Gasteiger partial charge in [-0.25, -0.2) is 4.39 Å². The topological polar surface area (TPSA) is 45.2 Å². The Bertz CT molecular complexity index is 605. The van der Waals surface area contributed by atoms with Crippen LogP contribution in [0.1, 0.15) is 6.92 Å². The molecule has 0 N–H and O–H groups in total. The van der Waals surface area contributed by atoms with Crippen LogP contribution in [0.5, 0.6) is 0 Å². The molecule has 106 valence electrons. The monoisotopic (exact) mass is 295 g/mol. The maximum absolute atomic E-state index is 13.4. The van der Waals surface area contributed by atoms with E-state index in [1.54, 1.807) is 21.9 Å². The van der Waals surface area contributed by atoms with Crippen molar-refractivity contribution in [3.8, 4) is 0 Å². The van der Waals surface area contributed by atoms with Crippen molar-refractivity contribution in [3.05, 3.63) is 35.4 Å². The second kappa shape index (κ2) is 6.00. The number of aromatic nitrogens is 3. The Balaban J connectivity index is 2.46. The predicted octanol–water partition coefficient (Wildman–Crippen LogP) is 2.89. The lowest BCUT2D eigenvalue weighted by Gasteiger charge is -2.22. The van der Waals surface area contributed by atoms with Gasteiger partial charge >= 0.3 is 0 Å². The Labute approximate surface area is 122 Å². The quantitative estimate of drug-likeness (QED) is 0.868. The summed E-state index contributed by atoms with van der Waals surface area (Å²) in [5.74, 6) is 0.533. The molecule has 0 unspecified atom stereocenters. The molecule has 0 amide bonds. The number of nitrogens with zero attached hydrogens (tertiary/aromatic N) is 5. The van der Waals surface area contributed by atoms with E-state index in [1.165, 1.54) is 12.1 Å². The first-order valence-corrected chi connectivity index (χ1v) is 6.51. The average Bonchev–Trinajstić information content (AvgIpc) is 2.39. The van der Waals surface area contributed by atoms with Gasteiger partial charge in [0.25, 0.3) is 0 Å². The van der Waals surface area contributed by atoms with E-state index in [0.29, 0.717) is 24.1 Å². The van der Waals surface area contributed by atoms with Gasteiger partial charge in [-0.1, -0.05) is 6.07 Å². The molecule has 2 rings (SSSR count). The van der Waals surface area contributed by atoms with Crippen molar-refractivity contribution in [1.29, 1.82) is 0 Å². The van der Waals surface area contributed by atoms with Crippen molar-refractivity contribution in [2.75, 3.05) is 30.4 Å². The molecule has 1 aromatic carbocycles. The first-order chi connectivity index (χ1) is 9.51. The minimum Gasteiger partial charge on any atom is -0.347 e. The van der Waals surface area contributed by atoms with Crippen molar-refractivity contribution in [3.63, 3.8) is 0 Å². The van der Waals surface area contributed by atoms with E-state index in [1.807, 2.05) is 21.0 Å². The van der Waals surface area contributed by atoms with Gasteiger partial charge in [-0.3, -0.25) is 0 Å². The molecule has 2 aromatic rings. The molecule has 0 aliphatic heterocycles. The Morgan fingerprint density at radius 2 is 1.85 bits per heavy atom.